The van der Waals surface area contributed by atoms with E-state index in [4.69, 9.17) is 42.7 Å². The molecule has 0 atom stereocenters. The summed E-state index contributed by atoms with van der Waals surface area (Å²) in [5.74, 6) is 4.97. The number of terminal acetylenes is 1. The summed E-state index contributed by atoms with van der Waals surface area (Å²) in [6, 6.07) is 37.4. The normalized spacial score (nSPS) is 10.8. The van der Waals surface area contributed by atoms with E-state index in [1.54, 1.807) is 59.3 Å². The first-order chi connectivity index (χ1) is 40.2. The van der Waals surface area contributed by atoms with E-state index in [1.165, 1.54) is 68.3 Å². The highest BCUT2D eigenvalue weighted by molar-refractivity contribution is 7.87. The Kier molecular flexibility index (Phi) is 20.3. The number of thiazole rings is 5. The number of fused-ring (bicyclic) bond motifs is 5. The van der Waals surface area contributed by atoms with E-state index in [2.05, 4.69) is 61.3 Å². The minimum Gasteiger partial charge on any atom is -0.508 e. The monoisotopic (exact) mass is 1250 g/mol. The Morgan fingerprint density at radius 3 is 1.88 bits per heavy atom. The van der Waals surface area contributed by atoms with E-state index in [0.29, 0.717) is 38.5 Å². The first-order valence-electron chi connectivity index (χ1n) is 25.2. The molecule has 84 heavy (non-hydrogen) atoms. The van der Waals surface area contributed by atoms with Crippen molar-refractivity contribution in [3.63, 3.8) is 0 Å². The molecule has 0 amide bonds. The van der Waals surface area contributed by atoms with Gasteiger partial charge in [-0.2, -0.15) is 13.7 Å². The number of nitrogens with one attached hydrogen (secondary N) is 1. The summed E-state index contributed by atoms with van der Waals surface area (Å²) in [7, 11) is -2.45. The van der Waals surface area contributed by atoms with Crippen LogP contribution in [-0.2, 0) is 16.7 Å². The van der Waals surface area contributed by atoms with Crippen LogP contribution in [0.3, 0.4) is 0 Å². The molecule has 0 saturated carbocycles. The third-order valence-corrected chi connectivity index (χ3v) is 17.9. The lowest BCUT2D eigenvalue weighted by Crippen LogP contribution is -2.10. The van der Waals surface area contributed by atoms with Crippen LogP contribution in [0, 0.1) is 75.3 Å². The van der Waals surface area contributed by atoms with Crippen LogP contribution in [0.25, 0.3) is 51.1 Å². The lowest BCUT2D eigenvalue weighted by Gasteiger charge is -2.08. The molecular formula is C60H52ClN9O8S6. The van der Waals surface area contributed by atoms with Gasteiger partial charge in [-0.1, -0.05) is 12.1 Å². The van der Waals surface area contributed by atoms with Crippen molar-refractivity contribution >= 4 is 147 Å². The molecule has 0 radical (unpaired) electrons. The number of aromatic nitrogens is 5. The van der Waals surface area contributed by atoms with Crippen molar-refractivity contribution in [1.82, 2.24) is 24.9 Å². The van der Waals surface area contributed by atoms with Gasteiger partial charge in [0, 0.05) is 35.6 Å². The molecule has 0 spiro atoms. The van der Waals surface area contributed by atoms with Gasteiger partial charge < -0.3 is 29.8 Å². The smallest absolute Gasteiger partial charge is 0.339 e. The molecule has 4 N–H and O–H groups in total. The third-order valence-electron chi connectivity index (χ3n) is 11.9. The van der Waals surface area contributed by atoms with Crippen LogP contribution in [-0.4, -0.2) is 63.0 Å². The molecule has 12 aromatic rings. The highest BCUT2D eigenvalue weighted by atomic mass is 35.5. The fourth-order valence-corrected chi connectivity index (χ4v) is 13.6. The Morgan fingerprint density at radius 2 is 1.25 bits per heavy atom. The molecule has 0 bridgehead atoms. The van der Waals surface area contributed by atoms with Gasteiger partial charge in [0.2, 0.25) is 0 Å². The van der Waals surface area contributed by atoms with Gasteiger partial charge in [-0.05, 0) is 161 Å². The van der Waals surface area contributed by atoms with Crippen LogP contribution in [0.2, 0.25) is 0 Å². The Bertz CT molecular complexity index is 4560. The SMILES string of the molecule is C#Cc1nc2ccc(OS(=O)(=O)c3ccc([N+](=O)[O-])c(C)c3)cc2s1.COc1ccc2nc(C)sc2c1.Cc1nc2c(C)cc(NCc3cccc(N)c3)cc2s1.Cc1nc2c(C)cc(O)cc2s1.N#Cc1nc2ccc(OCCCl)cc2s1. The quantitative estimate of drug-likeness (QED) is 0.0272. The number of rotatable bonds is 11. The maximum absolute atomic E-state index is 12.4. The second-order valence-electron chi connectivity index (χ2n) is 18.2. The lowest BCUT2D eigenvalue weighted by molar-refractivity contribution is -0.385. The van der Waals surface area contributed by atoms with E-state index in [0.717, 1.165) is 93.6 Å². The third kappa shape index (κ3) is 16.0. The summed E-state index contributed by atoms with van der Waals surface area (Å²) in [6.45, 7) is 12.8. The summed E-state index contributed by atoms with van der Waals surface area (Å²) in [6.07, 6.45) is 5.30. The van der Waals surface area contributed by atoms with Gasteiger partial charge in [-0.25, -0.2) is 24.9 Å². The number of nitriles is 1. The molecule has 0 aliphatic carbocycles. The number of nitrogen functional groups attached to an aromatic ring is 1. The van der Waals surface area contributed by atoms with Crippen molar-refractivity contribution in [2.24, 2.45) is 0 Å². The highest BCUT2D eigenvalue weighted by Gasteiger charge is 2.21. The van der Waals surface area contributed by atoms with Gasteiger partial charge in [0.1, 0.15) is 40.6 Å². The number of nitrogens with zero attached hydrogens (tertiary/aromatic N) is 7. The number of nitro groups is 1. The highest BCUT2D eigenvalue weighted by Crippen LogP contribution is 2.33. The molecule has 0 fully saturated rings. The number of nitrogens with two attached hydrogens (primary N) is 1. The minimum atomic E-state index is -4.12. The number of halogens is 1. The zero-order chi connectivity index (χ0) is 60.2. The summed E-state index contributed by atoms with van der Waals surface area (Å²) >= 11 is 13.2. The predicted molar refractivity (Wildman–Crippen MR) is 343 cm³/mol. The molecule has 12 rings (SSSR count). The molecule has 7 aromatic carbocycles. The number of ether oxygens (including phenoxy) is 2. The van der Waals surface area contributed by atoms with Gasteiger partial charge in [0.25, 0.3) is 5.69 Å². The van der Waals surface area contributed by atoms with Crippen molar-refractivity contribution in [3.8, 4) is 41.4 Å². The van der Waals surface area contributed by atoms with Gasteiger partial charge in [0.05, 0.1) is 84.0 Å². The van der Waals surface area contributed by atoms with E-state index >= 15 is 0 Å². The van der Waals surface area contributed by atoms with E-state index < -0.39 is 15.0 Å². The van der Waals surface area contributed by atoms with E-state index in [-0.39, 0.29) is 21.9 Å². The molecule has 5 aromatic heterocycles. The van der Waals surface area contributed by atoms with Crippen LogP contribution >= 0.6 is 68.3 Å². The lowest BCUT2D eigenvalue weighted by atomic mass is 10.1. The number of phenols is 1. The minimum absolute atomic E-state index is 0.107. The molecule has 5 heterocycles. The standard InChI is InChI=1S/C16H17N3S.C16H10N2O5S2.C10H7ClN2OS.2C9H9NOS/c1-10-6-14(8-15-16(10)19-11(2)20-15)18-9-12-4-3-5-13(17)7-12;1-3-16-17-13-6-4-11(9-15(13)24-16)23-25(21,22)12-5-7-14(18(19)20)10(2)8-12;11-3-4-14-7-1-2-8-9(5-7)15-10(6-12)13-8;1-5-3-7(11)4-8-9(5)10-6(2)12-8;1-6-10-8-4-3-7(11-2)5-9(8)12-6/h3-8,18H,9,17H2,1-2H3;1,4-9H,2H3;1-2,5H,3-4H2;3-4,11H,1-2H3;3-5H,1-2H3. The van der Waals surface area contributed by atoms with Crippen LogP contribution in [0.4, 0.5) is 17.1 Å². The van der Waals surface area contributed by atoms with Crippen molar-refractivity contribution < 1.29 is 32.1 Å². The summed E-state index contributed by atoms with van der Waals surface area (Å²) < 4.78 is 45.5. The van der Waals surface area contributed by atoms with Crippen LogP contribution < -0.4 is 24.7 Å². The Hall–Kier alpha value is -8.52. The fourth-order valence-electron chi connectivity index (χ4n) is 8.13. The first-order valence-corrected chi connectivity index (χ1v) is 31.2. The number of hydrogen-bond donors (Lipinski definition) is 3. The number of phenolic OH excluding ortho intramolecular Hbond substituents is 1. The van der Waals surface area contributed by atoms with Crippen LogP contribution in [0.15, 0.2) is 126 Å². The van der Waals surface area contributed by atoms with Gasteiger partial charge in [0.15, 0.2) is 10.0 Å². The molecular weight excluding hydrogens is 1200 g/mol. The Balaban J connectivity index is 0.000000141. The largest absolute Gasteiger partial charge is 0.508 e. The van der Waals surface area contributed by atoms with Crippen molar-refractivity contribution in [2.45, 2.75) is 53.0 Å². The van der Waals surface area contributed by atoms with Crippen LogP contribution in [0.1, 0.15) is 47.3 Å². The number of methoxy groups -OCH3 is 1. The number of hydrogen-bond acceptors (Lipinski definition) is 21. The average molecular weight is 1250 g/mol. The average Bonchev–Trinajstić information content (AvgIpc) is 4.39. The maximum Gasteiger partial charge on any atom is 0.339 e. The number of alkyl halides is 1. The van der Waals surface area contributed by atoms with Crippen LogP contribution in [0.5, 0.6) is 23.0 Å². The van der Waals surface area contributed by atoms with E-state index in [9.17, 15) is 23.6 Å². The number of aromatic hydroxyl groups is 1. The zero-order valence-corrected chi connectivity index (χ0v) is 51.7. The van der Waals surface area contributed by atoms with Crippen molar-refractivity contribution in [2.75, 3.05) is 30.6 Å². The maximum atomic E-state index is 12.4. The van der Waals surface area contributed by atoms with Crippen molar-refractivity contribution in [1.29, 1.82) is 5.26 Å². The molecule has 428 valence electrons. The first kappa shape index (κ1) is 61.5. The molecule has 24 heteroatoms. The predicted octanol–water partition coefficient (Wildman–Crippen LogP) is 15.4. The summed E-state index contributed by atoms with van der Waals surface area (Å²) in [5, 5.41) is 36.5. The summed E-state index contributed by atoms with van der Waals surface area (Å²) in [4.78, 5) is 31.7. The molecule has 0 saturated heterocycles. The molecule has 0 aliphatic rings. The molecule has 0 aliphatic heterocycles. The molecule has 17 nitrogen and oxygen atoms in total. The second kappa shape index (κ2) is 27.7. The number of benzene rings is 7. The number of anilines is 2. The number of nitro benzene ring substituents is 1. The Morgan fingerprint density at radius 1 is 0.679 bits per heavy atom. The number of aryl methyl sites for hydroxylation is 6. The van der Waals surface area contributed by atoms with E-state index in [1.807, 2.05) is 88.4 Å². The fraction of sp³-hybridized carbons (Fsp3) is 0.167. The second-order valence-corrected chi connectivity index (χ2v) is 25.9. The molecule has 0 unspecified atom stereocenters. The topological polar surface area (TPSA) is 251 Å². The van der Waals surface area contributed by atoms with Gasteiger partial charge in [-0.15, -0.1) is 74.7 Å². The Labute approximate surface area is 508 Å². The zero-order valence-electron chi connectivity index (χ0n) is 46.1. The van der Waals surface area contributed by atoms with Gasteiger partial charge in [-0.3, -0.25) is 10.1 Å². The van der Waals surface area contributed by atoms with Crippen molar-refractivity contribution in [3.05, 3.63) is 179 Å². The summed E-state index contributed by atoms with van der Waals surface area (Å²) in [5.41, 5.74) is 15.9. The van der Waals surface area contributed by atoms with Gasteiger partial charge >= 0.3 is 10.1 Å².